The van der Waals surface area contributed by atoms with E-state index < -0.39 is 25.2 Å². The van der Waals surface area contributed by atoms with Gasteiger partial charge in [-0.1, -0.05) is 12.8 Å². The van der Waals surface area contributed by atoms with Crippen LogP contribution in [0.2, 0.25) is 0 Å². The van der Waals surface area contributed by atoms with Gasteiger partial charge >= 0.3 is 6.18 Å². The van der Waals surface area contributed by atoms with E-state index in [0.717, 1.165) is 17.7 Å². The SMILES string of the molecule is O=C(C1CCCC1)N(CCO)CC(F)(F)F. The molecule has 0 spiro atoms. The normalized spacial score (nSPS) is 17.8. The van der Waals surface area contributed by atoms with Gasteiger partial charge in [-0.2, -0.15) is 13.2 Å². The highest BCUT2D eigenvalue weighted by molar-refractivity contribution is 5.79. The summed E-state index contributed by atoms with van der Waals surface area (Å²) in [5, 5.41) is 8.66. The predicted octanol–water partition coefficient (Wildman–Crippen LogP) is 1.56. The molecule has 0 aromatic heterocycles. The zero-order chi connectivity index (χ0) is 12.2. The van der Waals surface area contributed by atoms with Crippen molar-refractivity contribution in [2.75, 3.05) is 19.7 Å². The Kier molecular flexibility index (Phi) is 4.58. The minimum absolute atomic E-state index is 0.241. The van der Waals surface area contributed by atoms with Crippen LogP contribution in [-0.4, -0.2) is 41.8 Å². The first-order valence-electron chi connectivity index (χ1n) is 5.40. The summed E-state index contributed by atoms with van der Waals surface area (Å²) < 4.78 is 36.6. The number of carbonyl (C=O) groups is 1. The molecule has 0 unspecified atom stereocenters. The van der Waals surface area contributed by atoms with Crippen molar-refractivity contribution >= 4 is 5.91 Å². The van der Waals surface area contributed by atoms with Crippen molar-refractivity contribution in [2.45, 2.75) is 31.9 Å². The first-order valence-corrected chi connectivity index (χ1v) is 5.40. The Balaban J connectivity index is 2.57. The second kappa shape index (κ2) is 5.52. The van der Waals surface area contributed by atoms with E-state index in [-0.39, 0.29) is 12.5 Å². The molecule has 0 aliphatic heterocycles. The summed E-state index contributed by atoms with van der Waals surface area (Å²) in [5.74, 6) is -0.752. The topological polar surface area (TPSA) is 40.5 Å². The Morgan fingerprint density at radius 3 is 2.31 bits per heavy atom. The van der Waals surface area contributed by atoms with E-state index in [4.69, 9.17) is 5.11 Å². The molecule has 1 rings (SSSR count). The number of halogens is 3. The molecule has 94 valence electrons. The molecule has 1 aliphatic rings. The first kappa shape index (κ1) is 13.3. The molecule has 0 atom stereocenters. The third-order valence-corrected chi connectivity index (χ3v) is 2.76. The van der Waals surface area contributed by atoms with Gasteiger partial charge in [-0.15, -0.1) is 0 Å². The van der Waals surface area contributed by atoms with Crippen molar-refractivity contribution < 1.29 is 23.1 Å². The Hall–Kier alpha value is -0.780. The van der Waals surface area contributed by atoms with E-state index >= 15 is 0 Å². The molecular weight excluding hydrogens is 223 g/mol. The van der Waals surface area contributed by atoms with Gasteiger partial charge in [-0.25, -0.2) is 0 Å². The van der Waals surface area contributed by atoms with Crippen LogP contribution in [0.5, 0.6) is 0 Å². The van der Waals surface area contributed by atoms with E-state index in [1.807, 2.05) is 0 Å². The molecular formula is C10H16F3NO2. The van der Waals surface area contributed by atoms with Crippen molar-refractivity contribution in [1.82, 2.24) is 4.90 Å². The van der Waals surface area contributed by atoms with Crippen LogP contribution in [0.3, 0.4) is 0 Å². The molecule has 0 saturated heterocycles. The van der Waals surface area contributed by atoms with Crippen LogP contribution < -0.4 is 0 Å². The number of hydrogen-bond donors (Lipinski definition) is 1. The molecule has 1 saturated carbocycles. The smallest absolute Gasteiger partial charge is 0.395 e. The predicted molar refractivity (Wildman–Crippen MR) is 51.7 cm³/mol. The minimum Gasteiger partial charge on any atom is -0.395 e. The lowest BCUT2D eigenvalue weighted by atomic mass is 10.1. The van der Waals surface area contributed by atoms with Crippen molar-refractivity contribution in [3.05, 3.63) is 0 Å². The average Bonchev–Trinajstić information content (AvgIpc) is 2.66. The monoisotopic (exact) mass is 239 g/mol. The van der Waals surface area contributed by atoms with Crippen LogP contribution >= 0.6 is 0 Å². The van der Waals surface area contributed by atoms with Gasteiger partial charge in [0.05, 0.1) is 6.61 Å². The third-order valence-electron chi connectivity index (χ3n) is 2.76. The Bertz CT molecular complexity index is 237. The third kappa shape index (κ3) is 4.00. The second-order valence-electron chi connectivity index (χ2n) is 4.08. The number of hydrogen-bond acceptors (Lipinski definition) is 2. The summed E-state index contributed by atoms with van der Waals surface area (Å²) in [6.07, 6.45) is -1.27. The van der Waals surface area contributed by atoms with E-state index in [0.29, 0.717) is 12.8 Å². The number of rotatable bonds is 4. The Morgan fingerprint density at radius 1 is 1.31 bits per heavy atom. The lowest BCUT2D eigenvalue weighted by Crippen LogP contribution is -2.43. The molecule has 16 heavy (non-hydrogen) atoms. The number of amides is 1. The van der Waals surface area contributed by atoms with E-state index in [1.165, 1.54) is 0 Å². The van der Waals surface area contributed by atoms with Crippen LogP contribution in [0.15, 0.2) is 0 Å². The molecule has 0 bridgehead atoms. The quantitative estimate of drug-likeness (QED) is 0.808. The van der Waals surface area contributed by atoms with Crippen LogP contribution in [0.25, 0.3) is 0 Å². The van der Waals surface area contributed by atoms with Gasteiger partial charge in [-0.05, 0) is 12.8 Å². The summed E-state index contributed by atoms with van der Waals surface area (Å²) in [7, 11) is 0. The minimum atomic E-state index is -4.40. The molecule has 0 radical (unpaired) electrons. The summed E-state index contributed by atoms with van der Waals surface area (Å²) in [6.45, 7) is -1.94. The van der Waals surface area contributed by atoms with Gasteiger partial charge in [0.2, 0.25) is 5.91 Å². The molecule has 1 fully saturated rings. The van der Waals surface area contributed by atoms with E-state index in [1.54, 1.807) is 0 Å². The fraction of sp³-hybridized carbons (Fsp3) is 0.900. The highest BCUT2D eigenvalue weighted by Crippen LogP contribution is 2.27. The second-order valence-corrected chi connectivity index (χ2v) is 4.08. The van der Waals surface area contributed by atoms with E-state index in [2.05, 4.69) is 0 Å². The number of carbonyl (C=O) groups excluding carboxylic acids is 1. The molecule has 0 aromatic rings. The van der Waals surface area contributed by atoms with Gasteiger partial charge in [0, 0.05) is 12.5 Å². The van der Waals surface area contributed by atoms with Crippen molar-refractivity contribution in [1.29, 1.82) is 0 Å². The van der Waals surface area contributed by atoms with Gasteiger partial charge in [0.15, 0.2) is 0 Å². The molecule has 3 nitrogen and oxygen atoms in total. The molecule has 1 amide bonds. The van der Waals surface area contributed by atoms with Crippen LogP contribution in [0.4, 0.5) is 13.2 Å². The molecule has 0 aromatic carbocycles. The maximum atomic E-state index is 12.2. The Morgan fingerprint density at radius 2 is 1.88 bits per heavy atom. The van der Waals surface area contributed by atoms with Crippen LogP contribution in [-0.2, 0) is 4.79 Å². The molecule has 1 N–H and O–H groups in total. The largest absolute Gasteiger partial charge is 0.406 e. The number of aliphatic hydroxyl groups excluding tert-OH is 1. The van der Waals surface area contributed by atoms with Crippen molar-refractivity contribution in [3.8, 4) is 0 Å². The van der Waals surface area contributed by atoms with Gasteiger partial charge in [0.25, 0.3) is 0 Å². The first-order chi connectivity index (χ1) is 7.44. The van der Waals surface area contributed by atoms with Gasteiger partial charge in [-0.3, -0.25) is 4.79 Å². The van der Waals surface area contributed by atoms with Crippen LogP contribution in [0, 0.1) is 5.92 Å². The maximum Gasteiger partial charge on any atom is 0.406 e. The highest BCUT2D eigenvalue weighted by atomic mass is 19.4. The highest BCUT2D eigenvalue weighted by Gasteiger charge is 2.35. The average molecular weight is 239 g/mol. The van der Waals surface area contributed by atoms with Crippen LogP contribution in [0.1, 0.15) is 25.7 Å². The van der Waals surface area contributed by atoms with Crippen molar-refractivity contribution in [3.63, 3.8) is 0 Å². The number of alkyl halides is 3. The maximum absolute atomic E-state index is 12.2. The van der Waals surface area contributed by atoms with E-state index in [9.17, 15) is 18.0 Å². The fourth-order valence-corrected chi connectivity index (χ4v) is 2.04. The number of nitrogens with zero attached hydrogens (tertiary/aromatic N) is 1. The summed E-state index contributed by atoms with van der Waals surface area (Å²) in [4.78, 5) is 12.4. The Labute approximate surface area is 92.2 Å². The summed E-state index contributed by atoms with van der Waals surface area (Å²) in [6, 6.07) is 0. The lowest BCUT2D eigenvalue weighted by molar-refractivity contribution is -0.164. The zero-order valence-electron chi connectivity index (χ0n) is 8.96. The lowest BCUT2D eigenvalue weighted by Gasteiger charge is -2.25. The van der Waals surface area contributed by atoms with Gasteiger partial charge < -0.3 is 10.0 Å². The van der Waals surface area contributed by atoms with Gasteiger partial charge in [0.1, 0.15) is 6.54 Å². The van der Waals surface area contributed by atoms with Crippen molar-refractivity contribution in [2.24, 2.45) is 5.92 Å². The molecule has 1 aliphatic carbocycles. The summed E-state index contributed by atoms with van der Waals surface area (Å²) >= 11 is 0. The standard InChI is InChI=1S/C10H16F3NO2/c11-10(12,13)7-14(5-6-15)9(16)8-3-1-2-4-8/h8,15H,1-7H2. The fourth-order valence-electron chi connectivity index (χ4n) is 2.04. The number of aliphatic hydroxyl groups is 1. The zero-order valence-corrected chi connectivity index (χ0v) is 8.96. The molecule has 6 heteroatoms. The molecule has 0 heterocycles. The summed E-state index contributed by atoms with van der Waals surface area (Å²) in [5.41, 5.74) is 0.